The third-order valence-corrected chi connectivity index (χ3v) is 2.44. The second-order valence-corrected chi connectivity index (χ2v) is 4.06. The first kappa shape index (κ1) is 9.77. The number of ether oxygens (including phenoxy) is 1. The van der Waals surface area contributed by atoms with Crippen molar-refractivity contribution in [3.8, 4) is 5.75 Å². The van der Waals surface area contributed by atoms with Crippen molar-refractivity contribution in [1.82, 2.24) is 0 Å². The van der Waals surface area contributed by atoms with E-state index in [1.165, 1.54) is 0 Å². The number of aliphatic hydroxyl groups is 1. The molecule has 15 heavy (non-hydrogen) atoms. The number of carbonyl (C=O) groups excluding carboxylic acids is 1. The lowest BCUT2D eigenvalue weighted by Gasteiger charge is -2.30. The van der Waals surface area contributed by atoms with E-state index in [-0.39, 0.29) is 5.76 Å². The molecule has 1 aliphatic rings. The standard InChI is InChI=1S/C12H12O3/c1-12(2)11(14)6-9-5-8(7-13)3-4-10(9)15-12/h3-7,14H,1-2H3. The van der Waals surface area contributed by atoms with E-state index in [9.17, 15) is 9.90 Å². The van der Waals surface area contributed by atoms with Crippen molar-refractivity contribution in [3.63, 3.8) is 0 Å². The van der Waals surface area contributed by atoms with Gasteiger partial charge in [-0.3, -0.25) is 4.79 Å². The number of rotatable bonds is 1. The average molecular weight is 204 g/mol. The number of benzene rings is 1. The Kier molecular flexibility index (Phi) is 2.03. The van der Waals surface area contributed by atoms with Crippen LogP contribution in [0.4, 0.5) is 0 Å². The average Bonchev–Trinajstić information content (AvgIpc) is 2.19. The van der Waals surface area contributed by atoms with Gasteiger partial charge < -0.3 is 9.84 Å². The van der Waals surface area contributed by atoms with Gasteiger partial charge in [-0.15, -0.1) is 0 Å². The lowest BCUT2D eigenvalue weighted by Crippen LogP contribution is -2.33. The first-order chi connectivity index (χ1) is 7.03. The van der Waals surface area contributed by atoms with Crippen molar-refractivity contribution < 1.29 is 14.6 Å². The van der Waals surface area contributed by atoms with Gasteiger partial charge in [0, 0.05) is 11.1 Å². The van der Waals surface area contributed by atoms with E-state index in [1.54, 1.807) is 38.1 Å². The number of hydrogen-bond donors (Lipinski definition) is 1. The molecule has 2 rings (SSSR count). The Morgan fingerprint density at radius 2 is 2.13 bits per heavy atom. The Morgan fingerprint density at radius 3 is 2.80 bits per heavy atom. The molecular weight excluding hydrogens is 192 g/mol. The van der Waals surface area contributed by atoms with Crippen molar-refractivity contribution in [2.75, 3.05) is 0 Å². The van der Waals surface area contributed by atoms with Gasteiger partial charge in [0.05, 0.1) is 0 Å². The van der Waals surface area contributed by atoms with Crippen molar-refractivity contribution in [2.24, 2.45) is 0 Å². The topological polar surface area (TPSA) is 46.5 Å². The first-order valence-electron chi connectivity index (χ1n) is 4.72. The number of carbonyl (C=O) groups is 1. The van der Waals surface area contributed by atoms with Crippen LogP contribution in [0.25, 0.3) is 6.08 Å². The van der Waals surface area contributed by atoms with Crippen LogP contribution in [0.3, 0.4) is 0 Å². The van der Waals surface area contributed by atoms with E-state index in [4.69, 9.17) is 4.74 Å². The highest BCUT2D eigenvalue weighted by Gasteiger charge is 2.30. The Bertz CT molecular complexity index is 444. The molecule has 0 radical (unpaired) electrons. The maximum atomic E-state index is 10.6. The molecule has 3 heteroatoms. The largest absolute Gasteiger partial charge is 0.508 e. The van der Waals surface area contributed by atoms with Gasteiger partial charge in [0.2, 0.25) is 0 Å². The second kappa shape index (κ2) is 3.12. The molecule has 1 N–H and O–H groups in total. The maximum absolute atomic E-state index is 10.6. The molecule has 0 saturated heterocycles. The van der Waals surface area contributed by atoms with Crippen LogP contribution in [0.5, 0.6) is 5.75 Å². The molecule has 78 valence electrons. The van der Waals surface area contributed by atoms with Crippen LogP contribution >= 0.6 is 0 Å². The van der Waals surface area contributed by atoms with Crippen LogP contribution in [-0.4, -0.2) is 17.0 Å². The fourth-order valence-corrected chi connectivity index (χ4v) is 1.49. The van der Waals surface area contributed by atoms with Crippen molar-refractivity contribution in [3.05, 3.63) is 35.1 Å². The summed E-state index contributed by atoms with van der Waals surface area (Å²) in [6.07, 6.45) is 2.40. The Hall–Kier alpha value is -1.77. The lowest BCUT2D eigenvalue weighted by atomic mass is 9.99. The molecule has 1 aromatic rings. The smallest absolute Gasteiger partial charge is 0.160 e. The van der Waals surface area contributed by atoms with E-state index < -0.39 is 5.60 Å². The molecule has 0 bridgehead atoms. The van der Waals surface area contributed by atoms with Crippen LogP contribution in [0, 0.1) is 0 Å². The summed E-state index contributed by atoms with van der Waals surface area (Å²) in [7, 11) is 0. The molecule has 1 aliphatic heterocycles. The van der Waals surface area contributed by atoms with Gasteiger partial charge in [-0.1, -0.05) is 0 Å². The van der Waals surface area contributed by atoms with Crippen LogP contribution in [0.15, 0.2) is 24.0 Å². The second-order valence-electron chi connectivity index (χ2n) is 4.06. The van der Waals surface area contributed by atoms with Crippen LogP contribution < -0.4 is 4.74 Å². The monoisotopic (exact) mass is 204 g/mol. The van der Waals surface area contributed by atoms with Gasteiger partial charge in [-0.05, 0) is 38.1 Å². The molecule has 0 aromatic heterocycles. The van der Waals surface area contributed by atoms with Gasteiger partial charge in [-0.2, -0.15) is 0 Å². The molecule has 1 aromatic carbocycles. The minimum Gasteiger partial charge on any atom is -0.508 e. The highest BCUT2D eigenvalue weighted by molar-refractivity contribution is 5.78. The van der Waals surface area contributed by atoms with Crippen molar-refractivity contribution >= 4 is 12.4 Å². The van der Waals surface area contributed by atoms with Crippen LogP contribution in [-0.2, 0) is 0 Å². The van der Waals surface area contributed by atoms with E-state index in [0.717, 1.165) is 11.8 Å². The summed E-state index contributed by atoms with van der Waals surface area (Å²) in [5.41, 5.74) is 0.605. The van der Waals surface area contributed by atoms with Gasteiger partial charge >= 0.3 is 0 Å². The Morgan fingerprint density at radius 1 is 1.40 bits per heavy atom. The van der Waals surface area contributed by atoms with Gasteiger partial charge in [0.1, 0.15) is 17.8 Å². The molecule has 0 spiro atoms. The molecule has 0 aliphatic carbocycles. The van der Waals surface area contributed by atoms with Crippen molar-refractivity contribution in [1.29, 1.82) is 0 Å². The number of aldehydes is 1. The SMILES string of the molecule is CC1(C)Oc2ccc(C=O)cc2C=C1O. The fraction of sp³-hybridized carbons (Fsp3) is 0.250. The summed E-state index contributed by atoms with van der Waals surface area (Å²) in [5.74, 6) is 0.849. The molecule has 0 saturated carbocycles. The van der Waals surface area contributed by atoms with Crippen molar-refractivity contribution in [2.45, 2.75) is 19.4 Å². The van der Waals surface area contributed by atoms with Crippen LogP contribution in [0.2, 0.25) is 0 Å². The molecule has 1 heterocycles. The van der Waals surface area contributed by atoms with Gasteiger partial charge in [0.25, 0.3) is 0 Å². The predicted molar refractivity (Wildman–Crippen MR) is 57.1 cm³/mol. The normalized spacial score (nSPS) is 17.3. The number of hydrogen-bond acceptors (Lipinski definition) is 3. The minimum absolute atomic E-state index is 0.165. The lowest BCUT2D eigenvalue weighted by molar-refractivity contribution is 0.0936. The summed E-state index contributed by atoms with van der Waals surface area (Å²) in [4.78, 5) is 10.6. The third-order valence-electron chi connectivity index (χ3n) is 2.44. The van der Waals surface area contributed by atoms with E-state index in [0.29, 0.717) is 11.3 Å². The number of aliphatic hydroxyl groups excluding tert-OH is 1. The molecular formula is C12H12O3. The highest BCUT2D eigenvalue weighted by Crippen LogP contribution is 2.34. The van der Waals surface area contributed by atoms with E-state index >= 15 is 0 Å². The molecule has 0 unspecified atom stereocenters. The van der Waals surface area contributed by atoms with Gasteiger partial charge in [0.15, 0.2) is 5.60 Å². The molecule has 0 amide bonds. The molecule has 0 fully saturated rings. The van der Waals surface area contributed by atoms with Crippen LogP contribution in [0.1, 0.15) is 29.8 Å². The third kappa shape index (κ3) is 1.61. The Balaban J connectivity index is 2.53. The predicted octanol–water partition coefficient (Wildman–Crippen LogP) is 2.57. The zero-order valence-corrected chi connectivity index (χ0v) is 8.65. The first-order valence-corrected chi connectivity index (χ1v) is 4.72. The zero-order valence-electron chi connectivity index (χ0n) is 8.65. The molecule has 3 nitrogen and oxygen atoms in total. The summed E-state index contributed by atoms with van der Waals surface area (Å²) >= 11 is 0. The zero-order chi connectivity index (χ0) is 11.1. The number of fused-ring (bicyclic) bond motifs is 1. The quantitative estimate of drug-likeness (QED) is 0.715. The van der Waals surface area contributed by atoms with E-state index in [1.807, 2.05) is 0 Å². The minimum atomic E-state index is -0.699. The summed E-state index contributed by atoms with van der Waals surface area (Å²) < 4.78 is 5.60. The summed E-state index contributed by atoms with van der Waals surface area (Å²) in [6, 6.07) is 5.12. The molecule has 0 atom stereocenters. The fourth-order valence-electron chi connectivity index (χ4n) is 1.49. The highest BCUT2D eigenvalue weighted by atomic mass is 16.5. The Labute approximate surface area is 88.0 Å². The van der Waals surface area contributed by atoms with E-state index in [2.05, 4.69) is 0 Å². The summed E-state index contributed by atoms with van der Waals surface area (Å²) in [6.45, 7) is 3.57. The maximum Gasteiger partial charge on any atom is 0.160 e. The summed E-state index contributed by atoms with van der Waals surface area (Å²) in [5, 5.41) is 9.70. The van der Waals surface area contributed by atoms with Gasteiger partial charge in [-0.25, -0.2) is 0 Å².